The molecule has 0 aliphatic rings. The molecule has 0 aliphatic heterocycles. The fourth-order valence-corrected chi connectivity index (χ4v) is 4.76. The van der Waals surface area contributed by atoms with Crippen LogP contribution in [0.1, 0.15) is 43.6 Å². The molecule has 2 rings (SSSR count). The van der Waals surface area contributed by atoms with Crippen molar-refractivity contribution in [2.24, 2.45) is 0 Å². The number of hydrogen-bond acceptors (Lipinski definition) is 4. The van der Waals surface area contributed by atoms with Gasteiger partial charge >= 0.3 is 0 Å². The number of halogens is 1. The van der Waals surface area contributed by atoms with Crippen LogP contribution < -0.4 is 10.0 Å². The molecule has 164 valence electrons. The second kappa shape index (κ2) is 10.9. The number of amides is 1. The molecule has 8 heteroatoms. The molecule has 6 nitrogen and oxygen atoms in total. The van der Waals surface area contributed by atoms with E-state index in [2.05, 4.69) is 42.6 Å². The Bertz CT molecular complexity index is 939. The molecular weight excluding hydrogens is 422 g/mol. The number of carbonyl (C=O) groups excluding carboxylic acids is 1. The van der Waals surface area contributed by atoms with Crippen molar-refractivity contribution < 1.29 is 13.2 Å². The molecule has 0 saturated carbocycles. The zero-order valence-electron chi connectivity index (χ0n) is 17.9. The minimum absolute atomic E-state index is 0.0675. The van der Waals surface area contributed by atoms with E-state index in [-0.39, 0.29) is 27.9 Å². The molecule has 0 fully saturated rings. The molecule has 0 atom stereocenters. The van der Waals surface area contributed by atoms with E-state index in [1.54, 1.807) is 0 Å². The van der Waals surface area contributed by atoms with Gasteiger partial charge in [-0.25, -0.2) is 13.1 Å². The molecule has 0 bridgehead atoms. The molecule has 30 heavy (non-hydrogen) atoms. The highest BCUT2D eigenvalue weighted by Gasteiger charge is 2.20. The second-order valence-corrected chi connectivity index (χ2v) is 9.78. The van der Waals surface area contributed by atoms with Crippen LogP contribution in [-0.4, -0.2) is 44.4 Å². The summed E-state index contributed by atoms with van der Waals surface area (Å²) in [7, 11) is -3.87. The van der Waals surface area contributed by atoms with Gasteiger partial charge in [-0.05, 0) is 51.5 Å². The number of nitrogens with zero attached hydrogens (tertiary/aromatic N) is 1. The number of benzene rings is 2. The Labute approximate surface area is 184 Å². The summed E-state index contributed by atoms with van der Waals surface area (Å²) in [6, 6.07) is 14.2. The summed E-state index contributed by atoms with van der Waals surface area (Å²) >= 11 is 6.13. The lowest BCUT2D eigenvalue weighted by atomic mass is 10.2. The fraction of sp³-hybridized carbons (Fsp3) is 0.409. The first-order chi connectivity index (χ1) is 14.1. The topological polar surface area (TPSA) is 78.5 Å². The first-order valence-electron chi connectivity index (χ1n) is 9.99. The Morgan fingerprint density at radius 3 is 2.27 bits per heavy atom. The van der Waals surface area contributed by atoms with Crippen molar-refractivity contribution in [3.63, 3.8) is 0 Å². The highest BCUT2D eigenvalue weighted by atomic mass is 35.5. The molecule has 0 aliphatic carbocycles. The number of sulfonamides is 1. The largest absolute Gasteiger partial charge is 0.351 e. The van der Waals surface area contributed by atoms with Crippen LogP contribution in [0.2, 0.25) is 5.02 Å². The Balaban J connectivity index is 2.07. The first-order valence-corrected chi connectivity index (χ1v) is 11.8. The van der Waals surface area contributed by atoms with Crippen molar-refractivity contribution >= 4 is 27.5 Å². The van der Waals surface area contributed by atoms with E-state index in [0.29, 0.717) is 25.2 Å². The third kappa shape index (κ3) is 6.80. The SMILES string of the molecule is CC(C)N(CCNC(=O)c1ccc(Cl)c(S(=O)(=O)NCc2ccccc2)c1)C(C)C. The molecule has 0 saturated heterocycles. The van der Waals surface area contributed by atoms with Gasteiger partial charge in [0.15, 0.2) is 0 Å². The Hall–Kier alpha value is -1.93. The van der Waals surface area contributed by atoms with E-state index in [1.807, 2.05) is 30.3 Å². The molecule has 0 spiro atoms. The van der Waals surface area contributed by atoms with Gasteiger partial charge in [-0.2, -0.15) is 0 Å². The van der Waals surface area contributed by atoms with E-state index in [4.69, 9.17) is 11.6 Å². The van der Waals surface area contributed by atoms with Crippen molar-refractivity contribution in [2.75, 3.05) is 13.1 Å². The molecule has 0 aromatic heterocycles. The number of hydrogen-bond donors (Lipinski definition) is 2. The summed E-state index contributed by atoms with van der Waals surface area (Å²) in [5, 5.41) is 2.92. The van der Waals surface area contributed by atoms with Gasteiger partial charge in [0.2, 0.25) is 10.0 Å². The first kappa shape index (κ1) is 24.3. The minimum Gasteiger partial charge on any atom is -0.351 e. The molecule has 0 heterocycles. The van der Waals surface area contributed by atoms with E-state index in [1.165, 1.54) is 18.2 Å². The van der Waals surface area contributed by atoms with Crippen LogP contribution in [-0.2, 0) is 16.6 Å². The smallest absolute Gasteiger partial charge is 0.251 e. The van der Waals surface area contributed by atoms with Crippen LogP contribution in [0, 0.1) is 0 Å². The van der Waals surface area contributed by atoms with Gasteiger partial charge in [0.05, 0.1) is 5.02 Å². The van der Waals surface area contributed by atoms with Crippen LogP contribution in [0.3, 0.4) is 0 Å². The zero-order valence-corrected chi connectivity index (χ0v) is 19.4. The summed E-state index contributed by atoms with van der Waals surface area (Å²) < 4.78 is 28.0. The monoisotopic (exact) mass is 451 g/mol. The van der Waals surface area contributed by atoms with Crippen LogP contribution in [0.15, 0.2) is 53.4 Å². The van der Waals surface area contributed by atoms with Gasteiger partial charge in [0.25, 0.3) is 5.91 Å². The van der Waals surface area contributed by atoms with Crippen molar-refractivity contribution in [1.29, 1.82) is 0 Å². The van der Waals surface area contributed by atoms with Crippen LogP contribution >= 0.6 is 11.6 Å². The fourth-order valence-electron chi connectivity index (χ4n) is 3.22. The summed E-state index contributed by atoms with van der Waals surface area (Å²) in [5.41, 5.74) is 1.08. The van der Waals surface area contributed by atoms with E-state index < -0.39 is 10.0 Å². The number of rotatable bonds is 10. The van der Waals surface area contributed by atoms with Gasteiger partial charge in [-0.1, -0.05) is 41.9 Å². The number of nitrogens with one attached hydrogen (secondary N) is 2. The third-order valence-electron chi connectivity index (χ3n) is 4.77. The highest BCUT2D eigenvalue weighted by Crippen LogP contribution is 2.23. The van der Waals surface area contributed by atoms with Crippen molar-refractivity contribution in [2.45, 2.75) is 51.2 Å². The molecule has 1 amide bonds. The van der Waals surface area contributed by atoms with Crippen molar-refractivity contribution in [3.8, 4) is 0 Å². The van der Waals surface area contributed by atoms with Gasteiger partial charge in [-0.15, -0.1) is 0 Å². The zero-order chi connectivity index (χ0) is 22.3. The van der Waals surface area contributed by atoms with Crippen LogP contribution in [0.4, 0.5) is 0 Å². The van der Waals surface area contributed by atoms with E-state index in [0.717, 1.165) is 5.56 Å². The van der Waals surface area contributed by atoms with Crippen molar-refractivity contribution in [3.05, 3.63) is 64.7 Å². The standard InChI is InChI=1S/C22H30ClN3O3S/c1-16(2)26(17(3)4)13-12-24-22(27)19-10-11-20(23)21(14-19)30(28,29)25-15-18-8-6-5-7-9-18/h5-11,14,16-17,25H,12-13,15H2,1-4H3,(H,24,27). The van der Waals surface area contributed by atoms with Gasteiger partial charge in [0, 0.05) is 37.3 Å². The predicted molar refractivity (Wildman–Crippen MR) is 121 cm³/mol. The average molecular weight is 452 g/mol. The van der Waals surface area contributed by atoms with E-state index in [9.17, 15) is 13.2 Å². The van der Waals surface area contributed by atoms with Crippen molar-refractivity contribution in [1.82, 2.24) is 14.9 Å². The highest BCUT2D eigenvalue weighted by molar-refractivity contribution is 7.89. The molecule has 2 aromatic carbocycles. The normalized spacial score (nSPS) is 12.0. The lowest BCUT2D eigenvalue weighted by Gasteiger charge is -2.30. The van der Waals surface area contributed by atoms with Gasteiger partial charge in [0.1, 0.15) is 4.90 Å². The summed E-state index contributed by atoms with van der Waals surface area (Å²) in [4.78, 5) is 14.7. The summed E-state index contributed by atoms with van der Waals surface area (Å²) in [6.45, 7) is 9.75. The quantitative estimate of drug-likeness (QED) is 0.577. The molecule has 2 aromatic rings. The predicted octanol–water partition coefficient (Wildman–Crippen LogP) is 3.67. The third-order valence-corrected chi connectivity index (χ3v) is 6.66. The molecule has 0 radical (unpaired) electrons. The minimum atomic E-state index is -3.87. The summed E-state index contributed by atoms with van der Waals surface area (Å²) in [6.07, 6.45) is 0. The lowest BCUT2D eigenvalue weighted by Crippen LogP contribution is -2.42. The Morgan fingerprint density at radius 1 is 1.03 bits per heavy atom. The van der Waals surface area contributed by atoms with Gasteiger partial charge in [-0.3, -0.25) is 9.69 Å². The Kier molecular flexibility index (Phi) is 8.85. The van der Waals surface area contributed by atoms with Crippen LogP contribution in [0.25, 0.3) is 0 Å². The average Bonchev–Trinajstić information content (AvgIpc) is 2.70. The lowest BCUT2D eigenvalue weighted by molar-refractivity contribution is 0.0939. The summed E-state index contributed by atoms with van der Waals surface area (Å²) in [5.74, 6) is -0.335. The maximum atomic E-state index is 12.7. The van der Waals surface area contributed by atoms with Gasteiger partial charge < -0.3 is 5.32 Å². The maximum absolute atomic E-state index is 12.7. The molecular formula is C22H30ClN3O3S. The molecule has 0 unspecified atom stereocenters. The second-order valence-electron chi connectivity index (χ2n) is 7.64. The Morgan fingerprint density at radius 2 is 1.67 bits per heavy atom. The van der Waals surface area contributed by atoms with Crippen LogP contribution in [0.5, 0.6) is 0 Å². The number of carbonyl (C=O) groups is 1. The maximum Gasteiger partial charge on any atom is 0.251 e. The van der Waals surface area contributed by atoms with E-state index >= 15 is 0 Å². The molecule has 2 N–H and O–H groups in total.